The van der Waals surface area contributed by atoms with E-state index in [1.54, 1.807) is 13.8 Å². The smallest absolute Gasteiger partial charge is 0.380 e. The highest BCUT2D eigenvalue weighted by atomic mass is 31.2. The Labute approximate surface area is 95.2 Å². The molecule has 0 heterocycles. The van der Waals surface area contributed by atoms with E-state index in [-0.39, 0.29) is 19.0 Å². The van der Waals surface area contributed by atoms with Gasteiger partial charge in [-0.25, -0.2) is 4.57 Å². The Morgan fingerprint density at radius 1 is 1.31 bits per heavy atom. The van der Waals surface area contributed by atoms with Crippen LogP contribution in [0.3, 0.4) is 0 Å². The number of carbonyl (C=O) groups excluding carboxylic acids is 1. The Morgan fingerprint density at radius 3 is 2.31 bits per heavy atom. The lowest BCUT2D eigenvalue weighted by Gasteiger charge is -2.20. The van der Waals surface area contributed by atoms with E-state index in [2.05, 4.69) is 4.52 Å². The van der Waals surface area contributed by atoms with Gasteiger partial charge in [0.15, 0.2) is 0 Å². The standard InChI is InChI=1S/C9H19O6P/c1-8(10)9(2,3)7-14-5-4-6-15-16(11,12)13/h4-7H2,1-3H3,(H2,11,12,13). The van der Waals surface area contributed by atoms with Crippen molar-refractivity contribution in [2.75, 3.05) is 19.8 Å². The predicted octanol–water partition coefficient (Wildman–Crippen LogP) is 1.12. The minimum Gasteiger partial charge on any atom is -0.380 e. The molecule has 0 fully saturated rings. The van der Waals surface area contributed by atoms with Crippen molar-refractivity contribution in [1.29, 1.82) is 0 Å². The zero-order chi connectivity index (χ0) is 12.8. The zero-order valence-corrected chi connectivity index (χ0v) is 10.7. The number of phosphoric acid groups is 1. The molecule has 0 aliphatic carbocycles. The van der Waals surface area contributed by atoms with Crippen molar-refractivity contribution in [1.82, 2.24) is 0 Å². The van der Waals surface area contributed by atoms with Crippen LogP contribution in [0.1, 0.15) is 27.2 Å². The fraction of sp³-hybridized carbons (Fsp3) is 0.889. The van der Waals surface area contributed by atoms with E-state index in [0.29, 0.717) is 13.0 Å². The Hall–Kier alpha value is -0.260. The lowest BCUT2D eigenvalue weighted by molar-refractivity contribution is -0.128. The Morgan fingerprint density at radius 2 is 1.88 bits per heavy atom. The minimum atomic E-state index is -4.37. The van der Waals surface area contributed by atoms with Crippen LogP contribution in [-0.4, -0.2) is 35.4 Å². The van der Waals surface area contributed by atoms with Crippen LogP contribution < -0.4 is 0 Å². The third kappa shape index (κ3) is 7.96. The molecular formula is C9H19O6P. The first-order valence-electron chi connectivity index (χ1n) is 4.94. The summed E-state index contributed by atoms with van der Waals surface area (Å²) in [5.41, 5.74) is -0.524. The van der Waals surface area contributed by atoms with Crippen LogP contribution in [0.15, 0.2) is 0 Å². The molecule has 96 valence electrons. The fourth-order valence-electron chi connectivity index (χ4n) is 0.773. The van der Waals surface area contributed by atoms with Gasteiger partial charge in [-0.15, -0.1) is 0 Å². The number of phosphoric ester groups is 1. The predicted molar refractivity (Wildman–Crippen MR) is 57.9 cm³/mol. The van der Waals surface area contributed by atoms with Crippen molar-refractivity contribution in [3.63, 3.8) is 0 Å². The van der Waals surface area contributed by atoms with Gasteiger partial charge in [-0.05, 0) is 13.3 Å². The second-order valence-electron chi connectivity index (χ2n) is 4.17. The normalized spacial score (nSPS) is 12.8. The molecule has 0 atom stereocenters. The van der Waals surface area contributed by atoms with E-state index in [1.165, 1.54) is 6.92 Å². The quantitative estimate of drug-likeness (QED) is 0.498. The van der Waals surface area contributed by atoms with Gasteiger partial charge in [0.25, 0.3) is 0 Å². The molecule has 0 radical (unpaired) electrons. The number of ketones is 1. The lowest BCUT2D eigenvalue weighted by atomic mass is 9.90. The van der Waals surface area contributed by atoms with E-state index in [1.807, 2.05) is 0 Å². The minimum absolute atomic E-state index is 0.0407. The van der Waals surface area contributed by atoms with Gasteiger partial charge in [0.05, 0.1) is 13.2 Å². The van der Waals surface area contributed by atoms with Gasteiger partial charge in [0.1, 0.15) is 5.78 Å². The summed E-state index contributed by atoms with van der Waals surface area (Å²) in [6, 6.07) is 0. The van der Waals surface area contributed by atoms with Gasteiger partial charge in [-0.3, -0.25) is 9.32 Å². The molecule has 2 N–H and O–H groups in total. The third-order valence-electron chi connectivity index (χ3n) is 2.11. The molecule has 0 unspecified atom stereocenters. The summed E-state index contributed by atoms with van der Waals surface area (Å²) < 4.78 is 19.7. The van der Waals surface area contributed by atoms with Crippen molar-refractivity contribution < 1.29 is 28.4 Å². The molecule has 0 aromatic rings. The molecule has 0 aromatic heterocycles. The molecule has 0 spiro atoms. The van der Waals surface area contributed by atoms with Crippen LogP contribution in [-0.2, 0) is 18.6 Å². The van der Waals surface area contributed by atoms with Gasteiger partial charge in [-0.2, -0.15) is 0 Å². The average molecular weight is 254 g/mol. The van der Waals surface area contributed by atoms with Gasteiger partial charge in [0.2, 0.25) is 0 Å². The summed E-state index contributed by atoms with van der Waals surface area (Å²) >= 11 is 0. The largest absolute Gasteiger partial charge is 0.469 e. The van der Waals surface area contributed by atoms with Crippen molar-refractivity contribution in [3.05, 3.63) is 0 Å². The number of hydrogen-bond acceptors (Lipinski definition) is 4. The van der Waals surface area contributed by atoms with Gasteiger partial charge in [0, 0.05) is 12.0 Å². The van der Waals surface area contributed by atoms with Crippen LogP contribution in [0.4, 0.5) is 0 Å². The SMILES string of the molecule is CC(=O)C(C)(C)COCCCOP(=O)(O)O. The van der Waals surface area contributed by atoms with Crippen molar-refractivity contribution in [3.8, 4) is 0 Å². The number of Topliss-reactive ketones (excluding diaryl/α,β-unsaturated/α-hetero) is 1. The molecule has 0 bridgehead atoms. The Bertz CT molecular complexity index is 269. The summed E-state index contributed by atoms with van der Waals surface area (Å²) in [5, 5.41) is 0. The second-order valence-corrected chi connectivity index (χ2v) is 5.41. The third-order valence-corrected chi connectivity index (χ3v) is 2.63. The first-order chi connectivity index (χ1) is 7.15. The van der Waals surface area contributed by atoms with Gasteiger partial charge in [-0.1, -0.05) is 13.8 Å². The zero-order valence-electron chi connectivity index (χ0n) is 9.80. The highest BCUT2D eigenvalue weighted by Crippen LogP contribution is 2.35. The highest BCUT2D eigenvalue weighted by molar-refractivity contribution is 7.46. The molecule has 0 amide bonds. The molecule has 0 aromatic carbocycles. The molecule has 16 heavy (non-hydrogen) atoms. The number of carbonyl (C=O) groups is 1. The molecule has 0 saturated carbocycles. The molecule has 0 saturated heterocycles. The second kappa shape index (κ2) is 6.47. The number of hydrogen-bond donors (Lipinski definition) is 2. The summed E-state index contributed by atoms with van der Waals surface area (Å²) in [5.74, 6) is 0.0407. The van der Waals surface area contributed by atoms with Crippen LogP contribution in [0.2, 0.25) is 0 Å². The molecule has 0 aliphatic heterocycles. The molecule has 7 heteroatoms. The Kier molecular flexibility index (Phi) is 6.36. The maximum Gasteiger partial charge on any atom is 0.469 e. The van der Waals surface area contributed by atoms with Crippen molar-refractivity contribution >= 4 is 13.6 Å². The fourth-order valence-corrected chi connectivity index (χ4v) is 1.14. The molecule has 0 aliphatic rings. The highest BCUT2D eigenvalue weighted by Gasteiger charge is 2.23. The van der Waals surface area contributed by atoms with Gasteiger partial charge < -0.3 is 14.5 Å². The first-order valence-corrected chi connectivity index (χ1v) is 6.47. The topological polar surface area (TPSA) is 93.1 Å². The molecule has 6 nitrogen and oxygen atoms in total. The summed E-state index contributed by atoms with van der Waals surface area (Å²) in [6.45, 7) is 5.59. The summed E-state index contributed by atoms with van der Waals surface area (Å²) in [6.07, 6.45) is 0.374. The number of ether oxygens (including phenoxy) is 1. The monoisotopic (exact) mass is 254 g/mol. The average Bonchev–Trinajstić information content (AvgIpc) is 2.09. The molecule has 0 rings (SSSR count). The van der Waals surface area contributed by atoms with E-state index in [4.69, 9.17) is 14.5 Å². The first kappa shape index (κ1) is 15.7. The van der Waals surface area contributed by atoms with E-state index in [9.17, 15) is 9.36 Å². The van der Waals surface area contributed by atoms with Crippen LogP contribution in [0.5, 0.6) is 0 Å². The lowest BCUT2D eigenvalue weighted by Crippen LogP contribution is -2.27. The maximum absolute atomic E-state index is 11.1. The Balaban J connectivity index is 3.55. The molecular weight excluding hydrogens is 235 g/mol. The van der Waals surface area contributed by atoms with E-state index in [0.717, 1.165) is 0 Å². The van der Waals surface area contributed by atoms with Gasteiger partial charge >= 0.3 is 7.82 Å². The van der Waals surface area contributed by atoms with Crippen LogP contribution in [0, 0.1) is 5.41 Å². The number of rotatable bonds is 8. The maximum atomic E-state index is 11.1. The van der Waals surface area contributed by atoms with E-state index < -0.39 is 13.2 Å². The van der Waals surface area contributed by atoms with E-state index >= 15 is 0 Å². The van der Waals surface area contributed by atoms with Crippen LogP contribution >= 0.6 is 7.82 Å². The summed E-state index contributed by atoms with van der Waals surface area (Å²) in [7, 11) is -4.37. The van der Waals surface area contributed by atoms with Crippen LogP contribution in [0.25, 0.3) is 0 Å². The van der Waals surface area contributed by atoms with Crippen molar-refractivity contribution in [2.45, 2.75) is 27.2 Å². The van der Waals surface area contributed by atoms with Crippen molar-refractivity contribution in [2.24, 2.45) is 5.41 Å². The summed E-state index contributed by atoms with van der Waals surface area (Å²) in [4.78, 5) is 27.9.